The van der Waals surface area contributed by atoms with Crippen molar-refractivity contribution in [2.45, 2.75) is 60.6 Å². The van der Waals surface area contributed by atoms with Crippen LogP contribution >= 0.6 is 22.7 Å². The number of carbonyl (C=O) groups is 1. The minimum absolute atomic E-state index is 0.00509. The number of nitrogens with zero attached hydrogens (tertiary/aromatic N) is 4. The number of thiophene rings is 1. The zero-order chi connectivity index (χ0) is 34.3. The first-order chi connectivity index (χ1) is 23.0. The summed E-state index contributed by atoms with van der Waals surface area (Å²) >= 11 is 2.87. The predicted octanol–water partition coefficient (Wildman–Crippen LogP) is 6.68. The molecule has 0 N–H and O–H groups in total. The topological polar surface area (TPSA) is 98.6 Å². The smallest absolute Gasteiger partial charge is 0.338 e. The van der Waals surface area contributed by atoms with Gasteiger partial charge in [0.1, 0.15) is 16.8 Å². The highest BCUT2D eigenvalue weighted by Gasteiger charge is 2.35. The molecule has 0 unspecified atom stereocenters. The Morgan fingerprint density at radius 2 is 1.77 bits per heavy atom. The number of hydrogen-bond acceptors (Lipinski definition) is 8. The van der Waals surface area contributed by atoms with Gasteiger partial charge in [-0.2, -0.15) is 5.26 Å². The van der Waals surface area contributed by atoms with Gasteiger partial charge < -0.3 is 14.0 Å². The fourth-order valence-corrected chi connectivity index (χ4v) is 8.25. The number of aryl methyl sites for hydroxylation is 2. The summed E-state index contributed by atoms with van der Waals surface area (Å²) in [7, 11) is 0. The largest absolute Gasteiger partial charge is 0.491 e. The Kier molecular flexibility index (Phi) is 9.10. The van der Waals surface area contributed by atoms with E-state index in [2.05, 4.69) is 10.6 Å². The van der Waals surface area contributed by atoms with E-state index in [4.69, 9.17) is 14.5 Å². The van der Waals surface area contributed by atoms with Gasteiger partial charge >= 0.3 is 5.97 Å². The Morgan fingerprint density at radius 1 is 1.06 bits per heavy atom. The number of benzene rings is 2. The number of ether oxygens (including phenoxy) is 2. The molecule has 0 aliphatic carbocycles. The first-order valence-electron chi connectivity index (χ1n) is 15.8. The van der Waals surface area contributed by atoms with Crippen LogP contribution in [0, 0.1) is 39.0 Å². The van der Waals surface area contributed by atoms with Crippen molar-refractivity contribution in [3.8, 4) is 16.8 Å². The third-order valence-electron chi connectivity index (χ3n) is 8.38. The van der Waals surface area contributed by atoms with Crippen LogP contribution in [0.1, 0.15) is 70.9 Å². The molecule has 6 rings (SSSR count). The Bertz CT molecular complexity index is 2300. The quantitative estimate of drug-likeness (QED) is 0.171. The lowest BCUT2D eigenvalue weighted by Gasteiger charge is -2.26. The third kappa shape index (κ3) is 5.84. The monoisotopic (exact) mass is 676 g/mol. The Labute approximate surface area is 287 Å². The van der Waals surface area contributed by atoms with Crippen LogP contribution in [-0.4, -0.2) is 27.8 Å². The molecule has 1 aliphatic heterocycles. The van der Waals surface area contributed by atoms with E-state index in [0.29, 0.717) is 31.9 Å². The molecular weight excluding hydrogens is 641 g/mol. The van der Waals surface area contributed by atoms with Crippen molar-refractivity contribution in [1.82, 2.24) is 9.13 Å². The van der Waals surface area contributed by atoms with Crippen LogP contribution < -0.4 is 19.6 Å². The van der Waals surface area contributed by atoms with Gasteiger partial charge in [-0.15, -0.1) is 11.3 Å². The van der Waals surface area contributed by atoms with Crippen molar-refractivity contribution in [3.63, 3.8) is 0 Å². The molecule has 10 heteroatoms. The highest BCUT2D eigenvalue weighted by atomic mass is 32.1. The van der Waals surface area contributed by atoms with Gasteiger partial charge in [0.05, 0.1) is 40.1 Å². The minimum Gasteiger partial charge on any atom is -0.491 e. The van der Waals surface area contributed by atoms with Crippen molar-refractivity contribution in [2.75, 3.05) is 6.61 Å². The number of thiazole rings is 1. The lowest BCUT2D eigenvalue weighted by atomic mass is 9.93. The second-order valence-electron chi connectivity index (χ2n) is 11.9. The van der Waals surface area contributed by atoms with E-state index in [0.717, 1.165) is 43.5 Å². The molecule has 8 nitrogen and oxygen atoms in total. The van der Waals surface area contributed by atoms with Gasteiger partial charge in [-0.25, -0.2) is 9.79 Å². The molecule has 48 heavy (non-hydrogen) atoms. The second-order valence-corrected chi connectivity index (χ2v) is 14.1. The van der Waals surface area contributed by atoms with Crippen LogP contribution in [0.4, 0.5) is 0 Å². The van der Waals surface area contributed by atoms with E-state index in [1.54, 1.807) is 22.8 Å². The lowest BCUT2D eigenvalue weighted by Crippen LogP contribution is -2.40. The van der Waals surface area contributed by atoms with Crippen LogP contribution in [0.25, 0.3) is 16.8 Å². The first kappa shape index (κ1) is 32.9. The Balaban J connectivity index is 1.59. The summed E-state index contributed by atoms with van der Waals surface area (Å²) in [5.41, 5.74) is 6.38. The van der Waals surface area contributed by atoms with Gasteiger partial charge in [0, 0.05) is 21.8 Å². The average Bonchev–Trinajstić information content (AvgIpc) is 3.64. The number of hydrogen-bond donors (Lipinski definition) is 0. The summed E-state index contributed by atoms with van der Waals surface area (Å²) in [4.78, 5) is 34.8. The summed E-state index contributed by atoms with van der Waals surface area (Å²) < 4.78 is 15.7. The number of fused-ring (bicyclic) bond motifs is 1. The molecule has 5 aromatic rings. The van der Waals surface area contributed by atoms with E-state index < -0.39 is 12.0 Å². The zero-order valence-electron chi connectivity index (χ0n) is 28.0. The molecule has 1 atom stereocenters. The highest BCUT2D eigenvalue weighted by molar-refractivity contribution is 7.15. The van der Waals surface area contributed by atoms with E-state index in [-0.39, 0.29) is 18.3 Å². The number of rotatable bonds is 8. The first-order valence-corrected chi connectivity index (χ1v) is 17.4. The van der Waals surface area contributed by atoms with E-state index >= 15 is 0 Å². The summed E-state index contributed by atoms with van der Waals surface area (Å²) in [5, 5.41) is 10.8. The molecule has 0 bridgehead atoms. The standard InChI is InChI=1S/C38H36N4O4S2/c1-8-45-37(44)32-33(26-12-10-9-11-13-26)40-38-42(34(32)27-14-16-29(17-15-27)46-21(2)3)35(43)31(48-38)19-28-18-22(4)41(24(28)6)36-30(20-39)23(5)25(7)47-36/h9-19,21,34H,8H2,1-7H3/b31-19-/t34-/m1/s1. The minimum atomic E-state index is -0.784. The predicted molar refractivity (Wildman–Crippen MR) is 191 cm³/mol. The van der Waals surface area contributed by atoms with Gasteiger partial charge in [0.15, 0.2) is 4.80 Å². The summed E-state index contributed by atoms with van der Waals surface area (Å²) in [6, 6.07) is 20.6. The van der Waals surface area contributed by atoms with Gasteiger partial charge in [-0.05, 0) is 89.4 Å². The van der Waals surface area contributed by atoms with E-state index in [9.17, 15) is 14.9 Å². The molecule has 0 amide bonds. The van der Waals surface area contributed by atoms with Crippen LogP contribution in [0.2, 0.25) is 0 Å². The van der Waals surface area contributed by atoms with Gasteiger partial charge in [-0.3, -0.25) is 9.36 Å². The van der Waals surface area contributed by atoms with Crippen molar-refractivity contribution in [3.05, 3.63) is 130 Å². The number of carbonyl (C=O) groups excluding carboxylic acids is 1. The fourth-order valence-electron chi connectivity index (χ4n) is 6.04. The maximum absolute atomic E-state index is 14.4. The molecule has 1 aliphatic rings. The maximum atomic E-state index is 14.4. The Hall–Kier alpha value is -4.98. The van der Waals surface area contributed by atoms with Gasteiger partial charge in [0.25, 0.3) is 5.56 Å². The van der Waals surface area contributed by atoms with Crippen LogP contribution in [-0.2, 0) is 9.53 Å². The molecule has 0 spiro atoms. The van der Waals surface area contributed by atoms with Crippen LogP contribution in [0.3, 0.4) is 0 Å². The normalized spacial score (nSPS) is 14.6. The number of esters is 1. The fraction of sp³-hybridized carbons (Fsp3) is 0.263. The Morgan fingerprint density at radius 3 is 2.42 bits per heavy atom. The summed E-state index contributed by atoms with van der Waals surface area (Å²) in [6.45, 7) is 13.9. The van der Waals surface area contributed by atoms with E-state index in [1.165, 1.54) is 11.3 Å². The van der Waals surface area contributed by atoms with Crippen molar-refractivity contribution < 1.29 is 14.3 Å². The van der Waals surface area contributed by atoms with Crippen LogP contribution in [0.15, 0.2) is 76.0 Å². The second kappa shape index (κ2) is 13.3. The van der Waals surface area contributed by atoms with E-state index in [1.807, 2.05) is 108 Å². The van der Waals surface area contributed by atoms with Crippen molar-refractivity contribution >= 4 is 40.4 Å². The zero-order valence-corrected chi connectivity index (χ0v) is 29.6. The molecule has 2 aromatic carbocycles. The van der Waals surface area contributed by atoms with Gasteiger partial charge in [0.2, 0.25) is 0 Å². The van der Waals surface area contributed by atoms with Crippen molar-refractivity contribution in [2.24, 2.45) is 4.99 Å². The SMILES string of the molecule is CCOC(=O)C1=C(c2ccccc2)N=c2s/c(=C\c3cc(C)n(-c4sc(C)c(C)c4C#N)c3C)c(=O)n2[C@@H]1c1ccc(OC(C)C)cc1. The average molecular weight is 677 g/mol. The molecule has 3 aromatic heterocycles. The lowest BCUT2D eigenvalue weighted by molar-refractivity contribution is -0.138. The molecule has 0 saturated heterocycles. The summed E-state index contributed by atoms with van der Waals surface area (Å²) in [6.07, 6.45) is 1.88. The molecule has 4 heterocycles. The summed E-state index contributed by atoms with van der Waals surface area (Å²) in [5.74, 6) is 0.164. The molecule has 244 valence electrons. The number of nitriles is 1. The number of aromatic nitrogens is 2. The molecule has 0 fully saturated rings. The van der Waals surface area contributed by atoms with Crippen molar-refractivity contribution in [1.29, 1.82) is 5.26 Å². The maximum Gasteiger partial charge on any atom is 0.338 e. The third-order valence-corrected chi connectivity index (χ3v) is 10.6. The molecule has 0 radical (unpaired) electrons. The molecule has 0 saturated carbocycles. The highest BCUT2D eigenvalue weighted by Crippen LogP contribution is 2.36. The molecular formula is C38H36N4O4S2. The van der Waals surface area contributed by atoms with Gasteiger partial charge in [-0.1, -0.05) is 53.8 Å². The van der Waals surface area contributed by atoms with Crippen LogP contribution in [0.5, 0.6) is 5.75 Å².